The van der Waals surface area contributed by atoms with Crippen LogP contribution in [0.2, 0.25) is 0 Å². The van der Waals surface area contributed by atoms with E-state index in [0.29, 0.717) is 6.61 Å². The van der Waals surface area contributed by atoms with Crippen molar-refractivity contribution in [1.82, 2.24) is 6.15 Å². The number of methoxy groups -OCH3 is 1. The number of hydrogen-bond donors (Lipinski definition) is 1. The fourth-order valence-electron chi connectivity index (χ4n) is 2.03. The van der Waals surface area contributed by atoms with Crippen molar-refractivity contribution in [3.8, 4) is 0 Å². The fourth-order valence-corrected chi connectivity index (χ4v) is 2.03. The molecule has 0 fully saturated rings. The van der Waals surface area contributed by atoms with Crippen LogP contribution in [0.15, 0.2) is 29.8 Å². The molecule has 0 atom stereocenters. The van der Waals surface area contributed by atoms with Crippen LogP contribution in [0.3, 0.4) is 0 Å². The third-order valence-corrected chi connectivity index (χ3v) is 3.13. The van der Waals surface area contributed by atoms with Gasteiger partial charge in [-0.25, -0.2) is 0 Å². The molecule has 23 heavy (non-hydrogen) atoms. The molecular weight excluding hydrogens is 297 g/mol. The van der Waals surface area contributed by atoms with Crippen molar-refractivity contribution < 1.29 is 9.47 Å². The average Bonchev–Trinajstić information content (AvgIpc) is 2.36. The standard InChI is InChI=1S/C19H29O2.H3N.Na.H/c1-18(2,3)14-21-13-16(19(4,5)6)17(20-7)15-11-9-8-10-12-15;;;/h8-9,11-12H,13-14H2,1-7H3;1H3;;. The van der Waals surface area contributed by atoms with Crippen molar-refractivity contribution in [2.75, 3.05) is 20.3 Å². The van der Waals surface area contributed by atoms with Crippen molar-refractivity contribution in [3.63, 3.8) is 0 Å². The van der Waals surface area contributed by atoms with Gasteiger partial charge in [0.1, 0.15) is 5.76 Å². The predicted molar refractivity (Wildman–Crippen MR) is 101 cm³/mol. The Balaban J connectivity index is 0. The SMILES string of the molecule is COC(=C(COCC(C)(C)C)C(C)(C)C)c1c[c]ccc1.N.[NaH]. The summed E-state index contributed by atoms with van der Waals surface area (Å²) in [5, 5.41) is 0. The molecule has 0 aromatic heterocycles. The Morgan fingerprint density at radius 2 is 1.74 bits per heavy atom. The molecule has 0 spiro atoms. The van der Waals surface area contributed by atoms with Crippen LogP contribution in [0.1, 0.15) is 47.1 Å². The number of ether oxygens (including phenoxy) is 2. The van der Waals surface area contributed by atoms with Crippen LogP contribution in [0.5, 0.6) is 0 Å². The normalized spacial score (nSPS) is 12.7. The van der Waals surface area contributed by atoms with Gasteiger partial charge in [0.2, 0.25) is 0 Å². The Labute approximate surface area is 164 Å². The van der Waals surface area contributed by atoms with E-state index in [1.54, 1.807) is 7.11 Å². The molecule has 3 nitrogen and oxygen atoms in total. The van der Waals surface area contributed by atoms with Crippen LogP contribution < -0.4 is 6.15 Å². The Morgan fingerprint density at radius 1 is 1.13 bits per heavy atom. The molecule has 0 aliphatic heterocycles. The molecule has 1 aromatic rings. The first-order valence-corrected chi connectivity index (χ1v) is 7.47. The molecule has 0 aliphatic rings. The van der Waals surface area contributed by atoms with Crippen molar-refractivity contribution in [1.29, 1.82) is 0 Å². The summed E-state index contributed by atoms with van der Waals surface area (Å²) in [6.45, 7) is 14.4. The van der Waals surface area contributed by atoms with Crippen molar-refractivity contribution in [2.24, 2.45) is 10.8 Å². The monoisotopic (exact) mass is 330 g/mol. The van der Waals surface area contributed by atoms with Gasteiger partial charge in [-0.3, -0.25) is 0 Å². The molecule has 4 heteroatoms. The summed E-state index contributed by atoms with van der Waals surface area (Å²) < 4.78 is 11.6. The molecule has 0 bridgehead atoms. The summed E-state index contributed by atoms with van der Waals surface area (Å²) in [5.41, 5.74) is 2.37. The van der Waals surface area contributed by atoms with E-state index in [-0.39, 0.29) is 46.5 Å². The molecule has 0 unspecified atom stereocenters. The molecule has 0 heterocycles. The average molecular weight is 330 g/mol. The van der Waals surface area contributed by atoms with Gasteiger partial charge in [0.15, 0.2) is 0 Å². The van der Waals surface area contributed by atoms with E-state index in [2.05, 4.69) is 47.6 Å². The molecule has 1 radical (unpaired) electrons. The fraction of sp³-hybridized carbons (Fsp3) is 0.579. The quantitative estimate of drug-likeness (QED) is 0.640. The first-order chi connectivity index (χ1) is 9.65. The van der Waals surface area contributed by atoms with E-state index in [4.69, 9.17) is 9.47 Å². The molecule has 0 amide bonds. The molecule has 0 aliphatic carbocycles. The van der Waals surface area contributed by atoms with Crippen molar-refractivity contribution in [2.45, 2.75) is 41.5 Å². The van der Waals surface area contributed by atoms with Gasteiger partial charge in [0.25, 0.3) is 0 Å². The molecule has 0 saturated heterocycles. The molecule has 3 N–H and O–H groups in total. The van der Waals surface area contributed by atoms with Crippen molar-refractivity contribution >= 4 is 35.3 Å². The van der Waals surface area contributed by atoms with E-state index in [9.17, 15) is 0 Å². The topological polar surface area (TPSA) is 53.5 Å². The van der Waals surface area contributed by atoms with E-state index in [1.165, 1.54) is 5.57 Å². The number of rotatable bonds is 5. The third-order valence-electron chi connectivity index (χ3n) is 3.13. The summed E-state index contributed by atoms with van der Waals surface area (Å²) in [6.07, 6.45) is 0. The van der Waals surface area contributed by atoms with Gasteiger partial charge in [-0.1, -0.05) is 59.7 Å². The zero-order chi connectivity index (χ0) is 16.1. The van der Waals surface area contributed by atoms with Gasteiger partial charge in [-0.05, 0) is 23.0 Å². The van der Waals surface area contributed by atoms with Crippen LogP contribution in [0.4, 0.5) is 0 Å². The van der Waals surface area contributed by atoms with Gasteiger partial charge >= 0.3 is 29.6 Å². The van der Waals surface area contributed by atoms with Gasteiger partial charge in [-0.2, -0.15) is 0 Å². The van der Waals surface area contributed by atoms with E-state index >= 15 is 0 Å². The second-order valence-corrected chi connectivity index (χ2v) is 7.61. The first-order valence-electron chi connectivity index (χ1n) is 7.47. The third kappa shape index (κ3) is 8.92. The van der Waals surface area contributed by atoms with Gasteiger partial charge in [-0.15, -0.1) is 0 Å². The summed E-state index contributed by atoms with van der Waals surface area (Å²) in [6, 6.07) is 11.0. The maximum atomic E-state index is 5.94. The summed E-state index contributed by atoms with van der Waals surface area (Å²) in [5.74, 6) is 0.897. The summed E-state index contributed by atoms with van der Waals surface area (Å²) in [7, 11) is 1.72. The number of hydrogen-bond acceptors (Lipinski definition) is 3. The van der Waals surface area contributed by atoms with E-state index in [1.807, 2.05) is 24.3 Å². The van der Waals surface area contributed by atoms with Gasteiger partial charge in [0.05, 0.1) is 20.3 Å². The zero-order valence-corrected chi connectivity index (χ0v) is 15.2. The molecule has 1 aromatic carbocycles. The second-order valence-electron chi connectivity index (χ2n) is 7.61. The van der Waals surface area contributed by atoms with Crippen LogP contribution >= 0.6 is 0 Å². The minimum atomic E-state index is -0.0148. The Morgan fingerprint density at radius 3 is 2.13 bits per heavy atom. The Bertz CT molecular complexity index is 470. The van der Waals surface area contributed by atoms with Crippen molar-refractivity contribution in [3.05, 3.63) is 41.5 Å². The van der Waals surface area contributed by atoms with E-state index < -0.39 is 0 Å². The first kappa shape index (κ1) is 24.9. The molecule has 1 rings (SSSR count). The molecule has 127 valence electrons. The van der Waals surface area contributed by atoms with Crippen LogP contribution in [-0.2, 0) is 9.47 Å². The van der Waals surface area contributed by atoms with Crippen LogP contribution in [-0.4, -0.2) is 49.9 Å². The molecule has 0 saturated carbocycles. The minimum absolute atomic E-state index is 0. The summed E-state index contributed by atoms with van der Waals surface area (Å²) in [4.78, 5) is 0. The van der Waals surface area contributed by atoms with Crippen LogP contribution in [0.25, 0.3) is 5.76 Å². The predicted octanol–water partition coefficient (Wildman–Crippen LogP) is 4.47. The van der Waals surface area contributed by atoms with E-state index in [0.717, 1.165) is 17.9 Å². The maximum absolute atomic E-state index is 5.94. The Kier molecular flexibility index (Phi) is 11.4. The number of benzene rings is 1. The summed E-state index contributed by atoms with van der Waals surface area (Å²) >= 11 is 0. The molecular formula is C19H33NNaO2. The van der Waals surface area contributed by atoms with Crippen LogP contribution in [0, 0.1) is 16.9 Å². The van der Waals surface area contributed by atoms with Gasteiger partial charge < -0.3 is 15.6 Å². The second kappa shape index (κ2) is 10.5. The zero-order valence-electron chi connectivity index (χ0n) is 15.2. The van der Waals surface area contributed by atoms with Gasteiger partial charge in [0, 0.05) is 11.1 Å². The Hall–Kier alpha value is -0.320.